The summed E-state index contributed by atoms with van der Waals surface area (Å²) in [6.07, 6.45) is 2.42. The molecule has 1 spiro atoms. The maximum absolute atomic E-state index is 13.2. The monoisotopic (exact) mass is 481 g/mol. The Morgan fingerprint density at radius 1 is 0.914 bits per heavy atom. The minimum atomic E-state index is -4.38. The van der Waals surface area contributed by atoms with Gasteiger partial charge in [-0.25, -0.2) is 9.97 Å². The molecule has 8 heteroatoms. The second-order valence-corrected chi connectivity index (χ2v) is 9.72. The normalized spacial score (nSPS) is 25.3. The number of hydrogen-bond donors (Lipinski definition) is 0. The van der Waals surface area contributed by atoms with Crippen molar-refractivity contribution in [1.29, 1.82) is 0 Å². The summed E-state index contributed by atoms with van der Waals surface area (Å²) in [5, 5.41) is 0. The van der Waals surface area contributed by atoms with Crippen LogP contribution in [0.25, 0.3) is 22.6 Å². The van der Waals surface area contributed by atoms with E-state index in [0.717, 1.165) is 60.3 Å². The van der Waals surface area contributed by atoms with Crippen LogP contribution in [0.5, 0.6) is 0 Å². The minimum absolute atomic E-state index is 0.226. The van der Waals surface area contributed by atoms with E-state index in [-0.39, 0.29) is 11.8 Å². The van der Waals surface area contributed by atoms with Gasteiger partial charge in [0.25, 0.3) is 0 Å². The second-order valence-electron chi connectivity index (χ2n) is 9.72. The van der Waals surface area contributed by atoms with Gasteiger partial charge in [0.2, 0.25) is 0 Å². The van der Waals surface area contributed by atoms with E-state index in [4.69, 9.17) is 19.4 Å². The quantitative estimate of drug-likeness (QED) is 0.447. The molecule has 5 nitrogen and oxygen atoms in total. The summed E-state index contributed by atoms with van der Waals surface area (Å²) in [6, 6.07) is 9.01. The van der Waals surface area contributed by atoms with E-state index in [1.807, 2.05) is 12.1 Å². The summed E-state index contributed by atoms with van der Waals surface area (Å²) in [7, 11) is 0. The van der Waals surface area contributed by atoms with E-state index in [1.54, 1.807) is 12.4 Å². The molecule has 182 valence electrons. The van der Waals surface area contributed by atoms with E-state index >= 15 is 0 Å². The van der Waals surface area contributed by atoms with E-state index in [1.165, 1.54) is 12.1 Å². The molecule has 0 bridgehead atoms. The van der Waals surface area contributed by atoms with Crippen molar-refractivity contribution in [3.05, 3.63) is 65.6 Å². The van der Waals surface area contributed by atoms with Crippen molar-refractivity contribution in [3.63, 3.8) is 0 Å². The Hall–Kier alpha value is -2.84. The summed E-state index contributed by atoms with van der Waals surface area (Å²) in [4.78, 5) is 14.0. The SMILES string of the molecule is CC1C2CCc3c(-c4ccc(C(F)(F)F)cc4)nc(-c4ccncc4)nc3C2CCC12OCCO2. The number of aromatic nitrogens is 3. The van der Waals surface area contributed by atoms with E-state index < -0.39 is 17.5 Å². The molecule has 1 aromatic carbocycles. The number of fused-ring (bicyclic) bond motifs is 3. The molecule has 2 aromatic heterocycles. The Balaban J connectivity index is 1.46. The summed E-state index contributed by atoms with van der Waals surface area (Å²) in [6.45, 7) is 3.48. The minimum Gasteiger partial charge on any atom is -0.347 e. The fourth-order valence-corrected chi connectivity index (χ4v) is 6.19. The fraction of sp³-hybridized carbons (Fsp3) is 0.444. The van der Waals surface area contributed by atoms with Gasteiger partial charge in [0, 0.05) is 47.3 Å². The van der Waals surface area contributed by atoms with Gasteiger partial charge < -0.3 is 9.47 Å². The Kier molecular flexibility index (Phi) is 5.41. The molecule has 2 aliphatic carbocycles. The summed E-state index contributed by atoms with van der Waals surface area (Å²) in [5.41, 5.74) is 3.61. The Bertz CT molecular complexity index is 1220. The average molecular weight is 482 g/mol. The molecule has 2 fully saturated rings. The van der Waals surface area contributed by atoms with Crippen LogP contribution in [0, 0.1) is 11.8 Å². The van der Waals surface area contributed by atoms with E-state index in [0.29, 0.717) is 30.5 Å². The van der Waals surface area contributed by atoms with Crippen LogP contribution in [0.4, 0.5) is 13.2 Å². The summed E-state index contributed by atoms with van der Waals surface area (Å²) >= 11 is 0. The maximum atomic E-state index is 13.2. The zero-order chi connectivity index (χ0) is 24.2. The van der Waals surface area contributed by atoms with Gasteiger partial charge >= 0.3 is 6.18 Å². The molecule has 0 N–H and O–H groups in total. The van der Waals surface area contributed by atoms with Crippen LogP contribution in [-0.2, 0) is 22.1 Å². The van der Waals surface area contributed by atoms with E-state index in [2.05, 4.69) is 11.9 Å². The van der Waals surface area contributed by atoms with Gasteiger partial charge in [-0.1, -0.05) is 19.1 Å². The average Bonchev–Trinajstić information content (AvgIpc) is 3.35. The maximum Gasteiger partial charge on any atom is 0.416 e. The number of halogens is 3. The number of pyridine rings is 1. The molecule has 3 heterocycles. The molecule has 3 atom stereocenters. The van der Waals surface area contributed by atoms with Gasteiger partial charge in [0.1, 0.15) is 0 Å². The molecule has 35 heavy (non-hydrogen) atoms. The summed E-state index contributed by atoms with van der Waals surface area (Å²) < 4.78 is 51.7. The predicted octanol–water partition coefficient (Wildman–Crippen LogP) is 6.04. The number of hydrogen-bond acceptors (Lipinski definition) is 5. The molecule has 1 saturated carbocycles. The Morgan fingerprint density at radius 3 is 2.31 bits per heavy atom. The van der Waals surface area contributed by atoms with Gasteiger partial charge in [0.15, 0.2) is 11.6 Å². The number of alkyl halides is 3. The number of nitrogens with zero attached hydrogens (tertiary/aromatic N) is 3. The fourth-order valence-electron chi connectivity index (χ4n) is 6.19. The highest BCUT2D eigenvalue weighted by molar-refractivity contribution is 5.69. The Morgan fingerprint density at radius 2 is 1.63 bits per heavy atom. The van der Waals surface area contributed by atoms with Crippen molar-refractivity contribution >= 4 is 0 Å². The van der Waals surface area contributed by atoms with Gasteiger partial charge in [0.05, 0.1) is 30.2 Å². The molecular weight excluding hydrogens is 455 g/mol. The molecule has 3 aromatic rings. The molecule has 3 unspecified atom stereocenters. The van der Waals surface area contributed by atoms with Crippen LogP contribution < -0.4 is 0 Å². The van der Waals surface area contributed by atoms with E-state index in [9.17, 15) is 13.2 Å². The third-order valence-corrected chi connectivity index (χ3v) is 7.97. The second kappa shape index (κ2) is 8.38. The van der Waals surface area contributed by atoms with Crippen molar-refractivity contribution in [3.8, 4) is 22.6 Å². The molecule has 3 aliphatic rings. The van der Waals surface area contributed by atoms with Crippen LogP contribution in [0.2, 0.25) is 0 Å². The highest BCUT2D eigenvalue weighted by Crippen LogP contribution is 2.54. The first-order valence-electron chi connectivity index (χ1n) is 12.1. The lowest BCUT2D eigenvalue weighted by molar-refractivity contribution is -0.226. The first-order valence-corrected chi connectivity index (χ1v) is 12.1. The molecule has 0 radical (unpaired) electrons. The standard InChI is InChI=1S/C27H26F3N3O2/c1-16-20-6-7-22-23(17-2-4-19(5-3-17)27(28,29)30)32-25(18-9-12-31-13-10-18)33-24(22)21(20)8-11-26(16)34-14-15-35-26/h2-5,9-10,12-13,16,20-21H,6-8,11,14-15H2,1H3. The molecule has 1 saturated heterocycles. The van der Waals surface area contributed by atoms with Crippen LogP contribution >= 0.6 is 0 Å². The van der Waals surface area contributed by atoms with Gasteiger partial charge in [-0.3, -0.25) is 4.98 Å². The smallest absolute Gasteiger partial charge is 0.347 e. The number of rotatable bonds is 2. The lowest BCUT2D eigenvalue weighted by Gasteiger charge is -2.48. The zero-order valence-corrected chi connectivity index (χ0v) is 19.4. The topological polar surface area (TPSA) is 57.1 Å². The third kappa shape index (κ3) is 3.83. The highest BCUT2D eigenvalue weighted by atomic mass is 19.4. The van der Waals surface area contributed by atoms with Crippen LogP contribution in [0.15, 0.2) is 48.8 Å². The van der Waals surface area contributed by atoms with Crippen LogP contribution in [-0.4, -0.2) is 34.0 Å². The summed E-state index contributed by atoms with van der Waals surface area (Å²) in [5.74, 6) is 0.878. The van der Waals surface area contributed by atoms with Crippen LogP contribution in [0.3, 0.4) is 0 Å². The van der Waals surface area contributed by atoms with Crippen molar-refractivity contribution < 1.29 is 22.6 Å². The first kappa shape index (κ1) is 22.6. The van der Waals surface area contributed by atoms with Crippen molar-refractivity contribution in [2.24, 2.45) is 11.8 Å². The number of ether oxygens (including phenoxy) is 2. The molecule has 1 aliphatic heterocycles. The molecule has 6 rings (SSSR count). The van der Waals surface area contributed by atoms with Crippen LogP contribution in [0.1, 0.15) is 48.9 Å². The van der Waals surface area contributed by atoms with Gasteiger partial charge in [-0.05, 0) is 49.4 Å². The lowest BCUT2D eigenvalue weighted by atomic mass is 9.63. The third-order valence-electron chi connectivity index (χ3n) is 7.97. The highest BCUT2D eigenvalue weighted by Gasteiger charge is 2.53. The zero-order valence-electron chi connectivity index (χ0n) is 19.4. The lowest BCUT2D eigenvalue weighted by Crippen LogP contribution is -2.48. The predicted molar refractivity (Wildman–Crippen MR) is 123 cm³/mol. The van der Waals surface area contributed by atoms with Crippen molar-refractivity contribution in [2.45, 2.75) is 50.5 Å². The largest absolute Gasteiger partial charge is 0.416 e. The Labute approximate surface area is 201 Å². The van der Waals surface area contributed by atoms with Crippen molar-refractivity contribution in [1.82, 2.24) is 15.0 Å². The molecular formula is C27H26F3N3O2. The molecule has 0 amide bonds. The van der Waals surface area contributed by atoms with Gasteiger partial charge in [-0.2, -0.15) is 13.2 Å². The van der Waals surface area contributed by atoms with Gasteiger partial charge in [-0.15, -0.1) is 0 Å². The first-order chi connectivity index (χ1) is 16.9. The number of benzene rings is 1. The van der Waals surface area contributed by atoms with Crippen molar-refractivity contribution in [2.75, 3.05) is 13.2 Å².